The van der Waals surface area contributed by atoms with Crippen molar-refractivity contribution in [1.29, 1.82) is 0 Å². The topological polar surface area (TPSA) is 46.5 Å². The van der Waals surface area contributed by atoms with Crippen molar-refractivity contribution in [3.05, 3.63) is 35.4 Å². The molecule has 0 spiro atoms. The van der Waals surface area contributed by atoms with E-state index >= 15 is 0 Å². The number of carboxylic acid groups (broad SMARTS) is 1. The number of ether oxygens (including phenoxy) is 1. The first-order valence-corrected chi connectivity index (χ1v) is 5.69. The van der Waals surface area contributed by atoms with E-state index in [-0.39, 0.29) is 11.3 Å². The van der Waals surface area contributed by atoms with Crippen LogP contribution in [0.4, 0.5) is 0 Å². The van der Waals surface area contributed by atoms with Gasteiger partial charge >= 0.3 is 5.97 Å². The van der Waals surface area contributed by atoms with Gasteiger partial charge in [0.25, 0.3) is 0 Å². The molecule has 3 heteroatoms. The van der Waals surface area contributed by atoms with Crippen molar-refractivity contribution >= 4 is 5.97 Å². The molecule has 0 aromatic heterocycles. The summed E-state index contributed by atoms with van der Waals surface area (Å²) >= 11 is 0. The van der Waals surface area contributed by atoms with Crippen LogP contribution in [0.3, 0.4) is 0 Å². The minimum absolute atomic E-state index is 0.0401. The maximum absolute atomic E-state index is 11.2. The Bertz CT molecular complexity index is 391. The molecule has 1 N–H and O–H groups in total. The molecule has 0 aliphatic carbocycles. The first-order valence-electron chi connectivity index (χ1n) is 5.69. The molecule has 1 rings (SSSR count). The lowest BCUT2D eigenvalue weighted by atomic mass is 9.75. The predicted molar refractivity (Wildman–Crippen MR) is 67.5 cm³/mol. The Balaban J connectivity index is 3.23. The first-order chi connectivity index (χ1) is 7.88. The molecule has 1 aromatic rings. The fourth-order valence-electron chi connectivity index (χ4n) is 1.97. The zero-order chi connectivity index (χ0) is 13.1. The average molecular weight is 236 g/mol. The quantitative estimate of drug-likeness (QED) is 0.873. The van der Waals surface area contributed by atoms with Gasteiger partial charge in [-0.25, -0.2) is 4.79 Å². The number of hydrogen-bond donors (Lipinski definition) is 1. The molecule has 0 amide bonds. The Hall–Kier alpha value is -1.35. The standard InChI is InChI=1S/C14H20O3/c1-14(2,3)12(9-17-4)10-7-5-6-8-11(10)13(15)16/h5-8,12H,9H2,1-4H3,(H,15,16). The number of methoxy groups -OCH3 is 1. The van der Waals surface area contributed by atoms with Crippen LogP contribution in [0.1, 0.15) is 42.6 Å². The Morgan fingerprint density at radius 3 is 2.41 bits per heavy atom. The first kappa shape index (κ1) is 13.7. The summed E-state index contributed by atoms with van der Waals surface area (Å²) in [6.45, 7) is 6.80. The summed E-state index contributed by atoms with van der Waals surface area (Å²) in [6, 6.07) is 7.14. The maximum Gasteiger partial charge on any atom is 0.335 e. The third-order valence-corrected chi connectivity index (χ3v) is 2.95. The molecule has 0 saturated heterocycles. The van der Waals surface area contributed by atoms with E-state index in [9.17, 15) is 9.90 Å². The highest BCUT2D eigenvalue weighted by molar-refractivity contribution is 5.89. The van der Waals surface area contributed by atoms with E-state index < -0.39 is 5.97 Å². The van der Waals surface area contributed by atoms with Gasteiger partial charge < -0.3 is 9.84 Å². The number of carboxylic acids is 1. The molecule has 0 heterocycles. The van der Waals surface area contributed by atoms with Crippen LogP contribution >= 0.6 is 0 Å². The van der Waals surface area contributed by atoms with Crippen LogP contribution in [0.2, 0.25) is 0 Å². The SMILES string of the molecule is COCC(c1ccccc1C(=O)O)C(C)(C)C. The molecule has 3 nitrogen and oxygen atoms in total. The summed E-state index contributed by atoms with van der Waals surface area (Å²) < 4.78 is 5.23. The summed E-state index contributed by atoms with van der Waals surface area (Å²) in [5.41, 5.74) is 1.17. The van der Waals surface area contributed by atoms with E-state index in [2.05, 4.69) is 20.8 Å². The van der Waals surface area contributed by atoms with E-state index in [0.29, 0.717) is 12.2 Å². The molecule has 0 fully saturated rings. The Labute approximate surface area is 102 Å². The van der Waals surface area contributed by atoms with Crippen LogP contribution in [0.25, 0.3) is 0 Å². The fraction of sp³-hybridized carbons (Fsp3) is 0.500. The van der Waals surface area contributed by atoms with Crippen LogP contribution in [-0.2, 0) is 4.74 Å². The van der Waals surface area contributed by atoms with Gasteiger partial charge in [0.15, 0.2) is 0 Å². The molecule has 17 heavy (non-hydrogen) atoms. The molecule has 0 radical (unpaired) electrons. The zero-order valence-corrected chi connectivity index (χ0v) is 10.9. The van der Waals surface area contributed by atoms with Gasteiger partial charge in [0.1, 0.15) is 0 Å². The minimum atomic E-state index is -0.883. The van der Waals surface area contributed by atoms with Crippen molar-refractivity contribution in [3.63, 3.8) is 0 Å². The van der Waals surface area contributed by atoms with Crippen molar-refractivity contribution in [2.45, 2.75) is 26.7 Å². The second kappa shape index (κ2) is 5.32. The summed E-state index contributed by atoms with van der Waals surface area (Å²) in [5, 5.41) is 9.21. The van der Waals surface area contributed by atoms with Gasteiger partial charge in [-0.1, -0.05) is 39.0 Å². The molecule has 0 aliphatic heterocycles. The fourth-order valence-corrected chi connectivity index (χ4v) is 1.97. The van der Waals surface area contributed by atoms with E-state index in [1.54, 1.807) is 19.2 Å². The highest BCUT2D eigenvalue weighted by Crippen LogP contribution is 2.36. The predicted octanol–water partition coefficient (Wildman–Crippen LogP) is 3.16. The molecule has 0 aliphatic rings. The van der Waals surface area contributed by atoms with Gasteiger partial charge in [0, 0.05) is 13.0 Å². The van der Waals surface area contributed by atoms with Gasteiger partial charge in [-0.05, 0) is 17.0 Å². The van der Waals surface area contributed by atoms with Gasteiger partial charge in [-0.2, -0.15) is 0 Å². The smallest absolute Gasteiger partial charge is 0.335 e. The van der Waals surface area contributed by atoms with Crippen LogP contribution in [0.15, 0.2) is 24.3 Å². The van der Waals surface area contributed by atoms with Crippen LogP contribution in [0.5, 0.6) is 0 Å². The van der Waals surface area contributed by atoms with Crippen LogP contribution in [0, 0.1) is 5.41 Å². The summed E-state index contributed by atoms with van der Waals surface area (Å²) in [4.78, 5) is 11.2. The second-order valence-electron chi connectivity index (χ2n) is 5.27. The van der Waals surface area contributed by atoms with Crippen molar-refractivity contribution in [2.75, 3.05) is 13.7 Å². The van der Waals surface area contributed by atoms with E-state index in [1.165, 1.54) is 0 Å². The van der Waals surface area contributed by atoms with E-state index in [4.69, 9.17) is 4.74 Å². The third-order valence-electron chi connectivity index (χ3n) is 2.95. The Morgan fingerprint density at radius 2 is 1.94 bits per heavy atom. The largest absolute Gasteiger partial charge is 0.478 e. The van der Waals surface area contributed by atoms with E-state index in [1.807, 2.05) is 12.1 Å². The lowest BCUT2D eigenvalue weighted by molar-refractivity contribution is 0.0691. The lowest BCUT2D eigenvalue weighted by Crippen LogP contribution is -2.24. The van der Waals surface area contributed by atoms with Crippen molar-refractivity contribution in [2.24, 2.45) is 5.41 Å². The normalized spacial score (nSPS) is 13.4. The van der Waals surface area contributed by atoms with Gasteiger partial charge in [0.05, 0.1) is 12.2 Å². The number of benzene rings is 1. The molecule has 1 atom stereocenters. The van der Waals surface area contributed by atoms with Crippen molar-refractivity contribution in [3.8, 4) is 0 Å². The molecule has 0 bridgehead atoms. The maximum atomic E-state index is 11.2. The molecule has 1 aromatic carbocycles. The Kier molecular flexibility index (Phi) is 4.29. The molecule has 0 saturated carbocycles. The summed E-state index contributed by atoms with van der Waals surface area (Å²) in [6.07, 6.45) is 0. The highest BCUT2D eigenvalue weighted by atomic mass is 16.5. The second-order valence-corrected chi connectivity index (χ2v) is 5.27. The van der Waals surface area contributed by atoms with Crippen molar-refractivity contribution in [1.82, 2.24) is 0 Å². The van der Waals surface area contributed by atoms with Crippen molar-refractivity contribution < 1.29 is 14.6 Å². The van der Waals surface area contributed by atoms with Crippen LogP contribution in [-0.4, -0.2) is 24.8 Å². The third kappa shape index (κ3) is 3.30. The monoisotopic (exact) mass is 236 g/mol. The zero-order valence-electron chi connectivity index (χ0n) is 10.9. The number of carbonyl (C=O) groups is 1. The lowest BCUT2D eigenvalue weighted by Gasteiger charge is -2.31. The number of aromatic carboxylic acids is 1. The molecular formula is C14H20O3. The summed E-state index contributed by atoms with van der Waals surface area (Å²) in [5.74, 6) is -0.814. The molecular weight excluding hydrogens is 216 g/mol. The summed E-state index contributed by atoms with van der Waals surface area (Å²) in [7, 11) is 1.64. The molecule has 94 valence electrons. The van der Waals surface area contributed by atoms with Gasteiger partial charge in [-0.3, -0.25) is 0 Å². The highest BCUT2D eigenvalue weighted by Gasteiger charge is 2.29. The van der Waals surface area contributed by atoms with E-state index in [0.717, 1.165) is 5.56 Å². The number of hydrogen-bond acceptors (Lipinski definition) is 2. The molecule has 1 unspecified atom stereocenters. The van der Waals surface area contributed by atoms with Gasteiger partial charge in [-0.15, -0.1) is 0 Å². The van der Waals surface area contributed by atoms with Crippen LogP contribution < -0.4 is 0 Å². The average Bonchev–Trinajstić information content (AvgIpc) is 2.24. The minimum Gasteiger partial charge on any atom is -0.478 e. The number of rotatable bonds is 4. The Morgan fingerprint density at radius 1 is 1.35 bits per heavy atom. The van der Waals surface area contributed by atoms with Gasteiger partial charge in [0.2, 0.25) is 0 Å².